The second-order valence-electron chi connectivity index (χ2n) is 9.27. The number of piperazine rings is 1. The van der Waals surface area contributed by atoms with Crippen molar-refractivity contribution in [3.63, 3.8) is 0 Å². The second-order valence-corrected chi connectivity index (χ2v) is 9.71. The summed E-state index contributed by atoms with van der Waals surface area (Å²) in [6, 6.07) is 20.2. The summed E-state index contributed by atoms with van der Waals surface area (Å²) in [5.41, 5.74) is 3.18. The summed E-state index contributed by atoms with van der Waals surface area (Å²) in [6.07, 6.45) is 7.65. The molecule has 0 radical (unpaired) electrons. The minimum absolute atomic E-state index is 0.292. The van der Waals surface area contributed by atoms with E-state index in [1.54, 1.807) is 0 Å². The predicted molar refractivity (Wildman–Crippen MR) is 124 cm³/mol. The Hall–Kier alpha value is -1.35. The Balaban J connectivity index is 1.20. The van der Waals surface area contributed by atoms with E-state index in [-0.39, 0.29) is 0 Å². The third kappa shape index (κ3) is 5.42. The first-order valence-corrected chi connectivity index (χ1v) is 11.8. The van der Waals surface area contributed by atoms with Gasteiger partial charge in [0.1, 0.15) is 0 Å². The number of hydrogen-bond acceptors (Lipinski definition) is 2. The monoisotopic (exact) mass is 410 g/mol. The largest absolute Gasteiger partial charge is 0.301 e. The van der Waals surface area contributed by atoms with Crippen molar-refractivity contribution in [2.75, 3.05) is 32.7 Å². The van der Waals surface area contributed by atoms with Crippen LogP contribution in [0, 0.1) is 0 Å². The minimum atomic E-state index is 0.292. The van der Waals surface area contributed by atoms with E-state index in [0.717, 1.165) is 11.1 Å². The molecule has 2 aliphatic rings. The summed E-state index contributed by atoms with van der Waals surface area (Å²) in [5, 5.41) is 0.870. The van der Waals surface area contributed by atoms with Gasteiger partial charge >= 0.3 is 0 Å². The van der Waals surface area contributed by atoms with Crippen LogP contribution in [-0.2, 0) is 11.8 Å². The SMILES string of the molecule is CC1(c2cccc(Cl)c2)CCC(N2CCN(CCCc3ccccc3)CC2)CC1. The average molecular weight is 411 g/mol. The number of halogens is 1. The molecule has 4 rings (SSSR count). The molecule has 3 heteroatoms. The molecule has 0 unspecified atom stereocenters. The van der Waals surface area contributed by atoms with E-state index in [2.05, 4.69) is 65.3 Å². The Morgan fingerprint density at radius 2 is 1.66 bits per heavy atom. The Morgan fingerprint density at radius 1 is 0.931 bits per heavy atom. The van der Waals surface area contributed by atoms with Gasteiger partial charge in [-0.25, -0.2) is 0 Å². The van der Waals surface area contributed by atoms with Crippen LogP contribution in [0.1, 0.15) is 50.2 Å². The molecule has 29 heavy (non-hydrogen) atoms. The summed E-state index contributed by atoms with van der Waals surface area (Å²) in [7, 11) is 0. The van der Waals surface area contributed by atoms with E-state index in [4.69, 9.17) is 11.6 Å². The van der Waals surface area contributed by atoms with E-state index in [1.807, 2.05) is 6.07 Å². The lowest BCUT2D eigenvalue weighted by Gasteiger charge is -2.45. The number of benzene rings is 2. The van der Waals surface area contributed by atoms with Crippen LogP contribution in [0.15, 0.2) is 54.6 Å². The zero-order chi connectivity index (χ0) is 20.1. The first kappa shape index (κ1) is 20.9. The molecule has 1 aliphatic heterocycles. The van der Waals surface area contributed by atoms with Crippen LogP contribution in [0.25, 0.3) is 0 Å². The van der Waals surface area contributed by atoms with Crippen molar-refractivity contribution >= 4 is 11.6 Å². The van der Waals surface area contributed by atoms with E-state index < -0.39 is 0 Å². The number of rotatable bonds is 6. The lowest BCUT2D eigenvalue weighted by molar-refractivity contribution is 0.0667. The van der Waals surface area contributed by atoms with Gasteiger partial charge in [0.25, 0.3) is 0 Å². The predicted octanol–water partition coefficient (Wildman–Crippen LogP) is 5.79. The van der Waals surface area contributed by atoms with Crippen molar-refractivity contribution in [1.82, 2.24) is 9.80 Å². The van der Waals surface area contributed by atoms with Gasteiger partial charge in [-0.2, -0.15) is 0 Å². The molecule has 0 N–H and O–H groups in total. The fraction of sp³-hybridized carbons (Fsp3) is 0.538. The molecule has 2 aromatic rings. The molecule has 2 aromatic carbocycles. The van der Waals surface area contributed by atoms with Crippen LogP contribution in [0.4, 0.5) is 0 Å². The lowest BCUT2D eigenvalue weighted by atomic mass is 9.69. The zero-order valence-corrected chi connectivity index (χ0v) is 18.6. The molecular formula is C26H35ClN2. The number of aryl methyl sites for hydroxylation is 1. The normalized spacial score (nSPS) is 26.5. The Bertz CT molecular complexity index is 759. The van der Waals surface area contributed by atoms with Crippen LogP contribution in [-0.4, -0.2) is 48.6 Å². The highest BCUT2D eigenvalue weighted by atomic mass is 35.5. The molecule has 1 heterocycles. The van der Waals surface area contributed by atoms with E-state index >= 15 is 0 Å². The van der Waals surface area contributed by atoms with Crippen LogP contribution in [0.3, 0.4) is 0 Å². The van der Waals surface area contributed by atoms with Crippen LogP contribution >= 0.6 is 11.6 Å². The maximum atomic E-state index is 6.25. The van der Waals surface area contributed by atoms with Gasteiger partial charge in [0.05, 0.1) is 0 Å². The fourth-order valence-electron chi connectivity index (χ4n) is 5.26. The molecule has 2 fully saturated rings. The van der Waals surface area contributed by atoms with Crippen molar-refractivity contribution in [2.24, 2.45) is 0 Å². The Kier molecular flexibility index (Phi) is 6.95. The van der Waals surface area contributed by atoms with Crippen LogP contribution in [0.2, 0.25) is 5.02 Å². The highest BCUT2D eigenvalue weighted by molar-refractivity contribution is 6.30. The molecule has 0 aromatic heterocycles. The highest BCUT2D eigenvalue weighted by Crippen LogP contribution is 2.41. The van der Waals surface area contributed by atoms with Gasteiger partial charge in [-0.1, -0.05) is 61.0 Å². The third-order valence-corrected chi connectivity index (χ3v) is 7.52. The lowest BCUT2D eigenvalue weighted by Crippen LogP contribution is -2.52. The second kappa shape index (κ2) is 9.64. The summed E-state index contributed by atoms with van der Waals surface area (Å²) < 4.78 is 0. The van der Waals surface area contributed by atoms with E-state index in [9.17, 15) is 0 Å². The minimum Gasteiger partial charge on any atom is -0.301 e. The average Bonchev–Trinajstić information content (AvgIpc) is 2.76. The topological polar surface area (TPSA) is 6.48 Å². The summed E-state index contributed by atoms with van der Waals surface area (Å²) >= 11 is 6.25. The van der Waals surface area contributed by atoms with Gasteiger partial charge in [-0.05, 0) is 73.7 Å². The molecule has 0 amide bonds. The van der Waals surface area contributed by atoms with Crippen molar-refractivity contribution in [3.8, 4) is 0 Å². The quantitative estimate of drug-likeness (QED) is 0.594. The van der Waals surface area contributed by atoms with Crippen molar-refractivity contribution < 1.29 is 0 Å². The molecule has 0 atom stereocenters. The van der Waals surface area contributed by atoms with Gasteiger partial charge in [-0.3, -0.25) is 4.90 Å². The van der Waals surface area contributed by atoms with Gasteiger partial charge in [0, 0.05) is 37.2 Å². The number of hydrogen-bond donors (Lipinski definition) is 0. The van der Waals surface area contributed by atoms with Gasteiger partial charge in [0.2, 0.25) is 0 Å². The first-order chi connectivity index (χ1) is 14.1. The molecule has 0 spiro atoms. The zero-order valence-electron chi connectivity index (χ0n) is 17.8. The molecule has 156 valence electrons. The van der Waals surface area contributed by atoms with Crippen molar-refractivity contribution in [3.05, 3.63) is 70.7 Å². The standard InChI is InChI=1S/C26H35ClN2/c1-26(23-10-5-11-24(27)21-23)14-12-25(13-15-26)29-19-17-28(18-20-29)16-6-9-22-7-3-2-4-8-22/h2-5,7-8,10-11,21,25H,6,9,12-20H2,1H3. The summed E-state index contributed by atoms with van der Waals surface area (Å²) in [5.74, 6) is 0. The Labute approximate surface area is 181 Å². The first-order valence-electron chi connectivity index (χ1n) is 11.4. The van der Waals surface area contributed by atoms with E-state index in [0.29, 0.717) is 5.41 Å². The van der Waals surface area contributed by atoms with E-state index in [1.165, 1.54) is 82.4 Å². The summed E-state index contributed by atoms with van der Waals surface area (Å²) in [6.45, 7) is 8.61. The Morgan fingerprint density at radius 3 is 2.34 bits per heavy atom. The van der Waals surface area contributed by atoms with Gasteiger partial charge in [-0.15, -0.1) is 0 Å². The van der Waals surface area contributed by atoms with Gasteiger partial charge < -0.3 is 4.90 Å². The maximum Gasteiger partial charge on any atom is 0.0408 e. The molecule has 1 saturated carbocycles. The number of nitrogens with zero attached hydrogens (tertiary/aromatic N) is 2. The highest BCUT2D eigenvalue weighted by Gasteiger charge is 2.35. The summed E-state index contributed by atoms with van der Waals surface area (Å²) in [4.78, 5) is 5.43. The molecule has 1 saturated heterocycles. The van der Waals surface area contributed by atoms with Crippen molar-refractivity contribution in [2.45, 2.75) is 56.9 Å². The smallest absolute Gasteiger partial charge is 0.0408 e. The third-order valence-electron chi connectivity index (χ3n) is 7.29. The molecule has 0 bridgehead atoms. The molecule has 2 nitrogen and oxygen atoms in total. The fourth-order valence-corrected chi connectivity index (χ4v) is 5.45. The maximum absolute atomic E-state index is 6.25. The molecule has 1 aliphatic carbocycles. The van der Waals surface area contributed by atoms with Gasteiger partial charge in [0.15, 0.2) is 0 Å². The van der Waals surface area contributed by atoms with Crippen LogP contribution in [0.5, 0.6) is 0 Å². The van der Waals surface area contributed by atoms with Crippen LogP contribution < -0.4 is 0 Å². The van der Waals surface area contributed by atoms with Crippen molar-refractivity contribution in [1.29, 1.82) is 0 Å². The molecular weight excluding hydrogens is 376 g/mol.